The van der Waals surface area contributed by atoms with Gasteiger partial charge in [0.05, 0.1) is 36.0 Å². The van der Waals surface area contributed by atoms with E-state index in [2.05, 4.69) is 13.0 Å². The summed E-state index contributed by atoms with van der Waals surface area (Å²) in [6.07, 6.45) is 3.13. The summed E-state index contributed by atoms with van der Waals surface area (Å²) < 4.78 is 11.5. The lowest BCUT2D eigenvalue weighted by atomic mass is 9.95. The summed E-state index contributed by atoms with van der Waals surface area (Å²) in [6, 6.07) is 21.6. The van der Waals surface area contributed by atoms with Gasteiger partial charge >= 0.3 is 0 Å². The zero-order valence-corrected chi connectivity index (χ0v) is 22.4. The number of unbranched alkanes of at least 4 members (excludes halogenated alkanes) is 2. The quantitative estimate of drug-likeness (QED) is 0.140. The van der Waals surface area contributed by atoms with E-state index < -0.39 is 17.7 Å². The average molecular weight is 525 g/mol. The number of carbonyl (C=O) groups excluding carboxylic acids is 2. The maximum absolute atomic E-state index is 13.4. The van der Waals surface area contributed by atoms with Gasteiger partial charge in [-0.2, -0.15) is 5.26 Å². The van der Waals surface area contributed by atoms with Gasteiger partial charge in [0.2, 0.25) is 0 Å². The van der Waals surface area contributed by atoms with Crippen LogP contribution in [0.3, 0.4) is 0 Å². The molecule has 0 bridgehead atoms. The van der Waals surface area contributed by atoms with Gasteiger partial charge in [0.15, 0.2) is 0 Å². The molecule has 1 heterocycles. The number of aliphatic hydroxyl groups excluding tert-OH is 1. The Bertz CT molecular complexity index is 1380. The van der Waals surface area contributed by atoms with Crippen molar-refractivity contribution in [2.75, 3.05) is 11.5 Å². The summed E-state index contributed by atoms with van der Waals surface area (Å²) in [5.74, 6) is -0.500. The Morgan fingerprint density at radius 3 is 2.18 bits per heavy atom. The van der Waals surface area contributed by atoms with Crippen LogP contribution in [-0.2, 0) is 9.59 Å². The number of rotatable bonds is 10. The van der Waals surface area contributed by atoms with Gasteiger partial charge in [-0.1, -0.05) is 31.9 Å². The Balaban J connectivity index is 1.75. The van der Waals surface area contributed by atoms with Crippen molar-refractivity contribution >= 4 is 23.1 Å². The smallest absolute Gasteiger partial charge is 0.300 e. The van der Waals surface area contributed by atoms with E-state index >= 15 is 0 Å². The largest absolute Gasteiger partial charge is 0.507 e. The summed E-state index contributed by atoms with van der Waals surface area (Å²) in [5, 5.41) is 20.6. The molecule has 1 unspecified atom stereocenters. The standard InChI is InChI=1S/C32H32N2O5/c1-4-5-6-19-38-26-15-11-24(12-16-26)30(35)28-29(23-9-17-27(18-10-23)39-21(2)3)34(32(37)31(28)36)25-13-7-22(20-33)8-14-25/h7-18,21,29,35H,4-6,19H2,1-3H3/b30-28+. The molecule has 7 nitrogen and oxygen atoms in total. The van der Waals surface area contributed by atoms with Crippen LogP contribution in [0.1, 0.15) is 62.8 Å². The summed E-state index contributed by atoms with van der Waals surface area (Å²) in [7, 11) is 0. The number of aliphatic hydroxyl groups is 1. The maximum atomic E-state index is 13.4. The lowest BCUT2D eigenvalue weighted by Gasteiger charge is -2.25. The van der Waals surface area contributed by atoms with E-state index in [0.29, 0.717) is 40.5 Å². The van der Waals surface area contributed by atoms with Crippen LogP contribution in [0, 0.1) is 11.3 Å². The molecule has 3 aromatic rings. The number of nitriles is 1. The highest BCUT2D eigenvalue weighted by molar-refractivity contribution is 6.51. The lowest BCUT2D eigenvalue weighted by molar-refractivity contribution is -0.132. The number of benzene rings is 3. The fourth-order valence-electron chi connectivity index (χ4n) is 4.52. The molecule has 1 fully saturated rings. The molecule has 3 aromatic carbocycles. The molecule has 0 aromatic heterocycles. The van der Waals surface area contributed by atoms with Gasteiger partial charge in [-0.3, -0.25) is 14.5 Å². The third kappa shape index (κ3) is 6.12. The summed E-state index contributed by atoms with van der Waals surface area (Å²) in [4.78, 5) is 28.1. The van der Waals surface area contributed by atoms with E-state index in [1.54, 1.807) is 72.8 Å². The Kier molecular flexibility index (Phi) is 8.67. The van der Waals surface area contributed by atoms with Crippen LogP contribution in [0.4, 0.5) is 5.69 Å². The summed E-state index contributed by atoms with van der Waals surface area (Å²) >= 11 is 0. The minimum Gasteiger partial charge on any atom is -0.507 e. The van der Waals surface area contributed by atoms with E-state index in [1.165, 1.54) is 4.90 Å². The highest BCUT2D eigenvalue weighted by atomic mass is 16.5. The second-order valence-corrected chi connectivity index (χ2v) is 9.64. The highest BCUT2D eigenvalue weighted by Gasteiger charge is 2.47. The number of Topliss-reactive ketones (excluding diaryl/α,β-unsaturated/α-hetero) is 1. The molecule has 200 valence electrons. The molecular weight excluding hydrogens is 492 g/mol. The summed E-state index contributed by atoms with van der Waals surface area (Å²) in [5.41, 5.74) is 1.89. The summed E-state index contributed by atoms with van der Waals surface area (Å²) in [6.45, 7) is 6.58. The van der Waals surface area contributed by atoms with E-state index in [1.807, 2.05) is 13.8 Å². The fourth-order valence-corrected chi connectivity index (χ4v) is 4.52. The first-order chi connectivity index (χ1) is 18.8. The van der Waals surface area contributed by atoms with Gasteiger partial charge < -0.3 is 14.6 Å². The number of amides is 1. The van der Waals surface area contributed by atoms with E-state index in [9.17, 15) is 20.0 Å². The van der Waals surface area contributed by atoms with E-state index in [0.717, 1.165) is 19.3 Å². The third-order valence-electron chi connectivity index (χ3n) is 6.43. The predicted molar refractivity (Wildman–Crippen MR) is 150 cm³/mol. The van der Waals surface area contributed by atoms with Gasteiger partial charge in [0, 0.05) is 11.3 Å². The molecule has 1 N–H and O–H groups in total. The maximum Gasteiger partial charge on any atom is 0.300 e. The molecule has 1 aliphatic rings. The molecular formula is C32H32N2O5. The number of hydrogen-bond acceptors (Lipinski definition) is 6. The van der Waals surface area contributed by atoms with Crippen molar-refractivity contribution in [3.63, 3.8) is 0 Å². The van der Waals surface area contributed by atoms with Gasteiger partial charge in [-0.15, -0.1) is 0 Å². The number of anilines is 1. The minimum absolute atomic E-state index is 0.0151. The second kappa shape index (κ2) is 12.3. The molecule has 1 amide bonds. The first-order valence-corrected chi connectivity index (χ1v) is 13.1. The van der Waals surface area contributed by atoms with Crippen LogP contribution in [0.15, 0.2) is 78.4 Å². The SMILES string of the molecule is CCCCCOc1ccc(/C(O)=C2\C(=O)C(=O)N(c3ccc(C#N)cc3)C2c2ccc(OC(C)C)cc2)cc1. The van der Waals surface area contributed by atoms with Crippen molar-refractivity contribution in [2.45, 2.75) is 52.2 Å². The molecule has 0 aliphatic carbocycles. The fraction of sp³-hybridized carbons (Fsp3) is 0.281. The molecule has 0 saturated carbocycles. The zero-order valence-electron chi connectivity index (χ0n) is 22.4. The van der Waals surface area contributed by atoms with Crippen LogP contribution in [-0.4, -0.2) is 29.5 Å². The van der Waals surface area contributed by atoms with Crippen LogP contribution < -0.4 is 14.4 Å². The first-order valence-electron chi connectivity index (χ1n) is 13.1. The van der Waals surface area contributed by atoms with Crippen molar-refractivity contribution < 1.29 is 24.2 Å². The van der Waals surface area contributed by atoms with Crippen molar-refractivity contribution in [3.8, 4) is 17.6 Å². The monoisotopic (exact) mass is 524 g/mol. The highest BCUT2D eigenvalue weighted by Crippen LogP contribution is 2.42. The van der Waals surface area contributed by atoms with Gasteiger partial charge in [-0.05, 0) is 86.5 Å². The molecule has 0 radical (unpaired) electrons. The normalized spacial score (nSPS) is 16.4. The lowest BCUT2D eigenvalue weighted by Crippen LogP contribution is -2.29. The molecule has 39 heavy (non-hydrogen) atoms. The van der Waals surface area contributed by atoms with Gasteiger partial charge in [-0.25, -0.2) is 0 Å². The Morgan fingerprint density at radius 2 is 1.59 bits per heavy atom. The molecule has 7 heteroatoms. The van der Waals surface area contributed by atoms with E-state index in [4.69, 9.17) is 9.47 Å². The number of ether oxygens (including phenoxy) is 2. The Labute approximate surface area is 228 Å². The van der Waals surface area contributed by atoms with Crippen LogP contribution >= 0.6 is 0 Å². The average Bonchev–Trinajstić information content (AvgIpc) is 3.21. The Hall–Kier alpha value is -4.57. The van der Waals surface area contributed by atoms with Crippen molar-refractivity contribution in [2.24, 2.45) is 0 Å². The van der Waals surface area contributed by atoms with Crippen molar-refractivity contribution in [1.82, 2.24) is 0 Å². The van der Waals surface area contributed by atoms with Crippen LogP contribution in [0.25, 0.3) is 5.76 Å². The van der Waals surface area contributed by atoms with Crippen molar-refractivity contribution in [1.29, 1.82) is 5.26 Å². The van der Waals surface area contributed by atoms with Gasteiger partial charge in [0.25, 0.3) is 11.7 Å². The van der Waals surface area contributed by atoms with Crippen LogP contribution in [0.2, 0.25) is 0 Å². The molecule has 1 saturated heterocycles. The van der Waals surface area contributed by atoms with Gasteiger partial charge in [0.1, 0.15) is 17.3 Å². The number of carbonyl (C=O) groups is 2. The minimum atomic E-state index is -0.879. The second-order valence-electron chi connectivity index (χ2n) is 9.64. The molecule has 1 atom stereocenters. The Morgan fingerprint density at radius 1 is 0.949 bits per heavy atom. The third-order valence-corrected chi connectivity index (χ3v) is 6.43. The predicted octanol–water partition coefficient (Wildman–Crippen LogP) is 6.54. The molecule has 1 aliphatic heterocycles. The number of ketones is 1. The number of hydrogen-bond donors (Lipinski definition) is 1. The molecule has 0 spiro atoms. The molecule has 4 rings (SSSR count). The number of nitrogens with zero attached hydrogens (tertiary/aromatic N) is 2. The first kappa shape index (κ1) is 27.5. The van der Waals surface area contributed by atoms with E-state index in [-0.39, 0.29) is 17.4 Å². The zero-order chi connectivity index (χ0) is 27.9. The topological polar surface area (TPSA) is 99.9 Å². The van der Waals surface area contributed by atoms with Crippen LogP contribution in [0.5, 0.6) is 11.5 Å². The van der Waals surface area contributed by atoms with Crippen molar-refractivity contribution in [3.05, 3.63) is 95.1 Å².